The molecule has 0 heterocycles. The maximum atomic E-state index is 12.6. The monoisotopic (exact) mass is 600 g/mol. The van der Waals surface area contributed by atoms with E-state index in [1.807, 2.05) is 45.2 Å². The minimum absolute atomic E-state index is 0.0844. The van der Waals surface area contributed by atoms with Gasteiger partial charge in [0.2, 0.25) is 0 Å². The summed E-state index contributed by atoms with van der Waals surface area (Å²) in [6.07, 6.45) is -8.83. The van der Waals surface area contributed by atoms with E-state index in [0.29, 0.717) is 10.7 Å². The molecule has 0 saturated carbocycles. The number of carbonyl (C=O) groups is 1. The lowest BCUT2D eigenvalue weighted by atomic mass is 10.2. The van der Waals surface area contributed by atoms with Gasteiger partial charge in [-0.1, -0.05) is 0 Å². The van der Waals surface area contributed by atoms with Crippen LogP contribution in [0.2, 0.25) is 0 Å². The molecule has 0 saturated heterocycles. The van der Waals surface area contributed by atoms with E-state index in [2.05, 4.69) is 4.74 Å². The standard InChI is InChI=1S/C9H3F4I3O2/c10-8(9(11,12)13)18-7(17)4-1-3(14)2-5(15)6(4)16/h1-2,8H. The Labute approximate surface area is 140 Å². The van der Waals surface area contributed by atoms with Crippen molar-refractivity contribution in [2.45, 2.75) is 12.5 Å². The van der Waals surface area contributed by atoms with Crippen molar-refractivity contribution in [2.75, 3.05) is 0 Å². The molecule has 0 radical (unpaired) electrons. The SMILES string of the molecule is O=C(OC(F)C(F)(F)F)c1cc(I)cc(I)c1I. The third-order valence-electron chi connectivity index (χ3n) is 1.68. The van der Waals surface area contributed by atoms with Crippen LogP contribution in [0.15, 0.2) is 12.1 Å². The lowest BCUT2D eigenvalue weighted by Gasteiger charge is -2.14. The summed E-state index contributed by atoms with van der Waals surface area (Å²) < 4.78 is 53.9. The molecule has 100 valence electrons. The average Bonchev–Trinajstić information content (AvgIpc) is 2.21. The predicted octanol–water partition coefficient (Wildman–Crippen LogP) is 4.52. The van der Waals surface area contributed by atoms with Gasteiger partial charge in [0, 0.05) is 10.7 Å². The molecule has 0 aliphatic heterocycles. The quantitative estimate of drug-likeness (QED) is 0.217. The van der Waals surface area contributed by atoms with E-state index in [0.717, 1.165) is 0 Å². The van der Waals surface area contributed by atoms with Crippen LogP contribution in [0.4, 0.5) is 17.6 Å². The fraction of sp³-hybridized carbons (Fsp3) is 0.222. The fourth-order valence-electron chi connectivity index (χ4n) is 0.929. The second-order valence-electron chi connectivity index (χ2n) is 3.01. The summed E-state index contributed by atoms with van der Waals surface area (Å²) in [5, 5.41) is 0. The van der Waals surface area contributed by atoms with Crippen LogP contribution in [0.5, 0.6) is 0 Å². The first kappa shape index (κ1) is 16.7. The molecule has 0 aliphatic carbocycles. The van der Waals surface area contributed by atoms with Crippen LogP contribution >= 0.6 is 67.8 Å². The van der Waals surface area contributed by atoms with Gasteiger partial charge in [-0.25, -0.2) is 4.79 Å². The normalized spacial score (nSPS) is 13.3. The highest BCUT2D eigenvalue weighted by Gasteiger charge is 2.43. The smallest absolute Gasteiger partial charge is 0.418 e. The van der Waals surface area contributed by atoms with E-state index < -0.39 is 18.5 Å². The molecular weight excluding hydrogens is 597 g/mol. The van der Waals surface area contributed by atoms with Gasteiger partial charge < -0.3 is 4.74 Å². The van der Waals surface area contributed by atoms with Gasteiger partial charge in [-0.05, 0) is 79.9 Å². The van der Waals surface area contributed by atoms with Gasteiger partial charge in [0.15, 0.2) is 0 Å². The first-order valence-corrected chi connectivity index (χ1v) is 7.43. The highest BCUT2D eigenvalue weighted by atomic mass is 127. The Bertz CT molecular complexity index is 476. The first-order valence-electron chi connectivity index (χ1n) is 4.19. The van der Waals surface area contributed by atoms with Crippen molar-refractivity contribution in [3.8, 4) is 0 Å². The van der Waals surface area contributed by atoms with E-state index in [-0.39, 0.29) is 5.56 Å². The number of benzene rings is 1. The van der Waals surface area contributed by atoms with Crippen molar-refractivity contribution in [3.05, 3.63) is 28.4 Å². The summed E-state index contributed by atoms with van der Waals surface area (Å²) in [6, 6.07) is 3.08. The maximum absolute atomic E-state index is 12.6. The molecule has 0 bridgehead atoms. The number of hydrogen-bond donors (Lipinski definition) is 0. The van der Waals surface area contributed by atoms with Crippen molar-refractivity contribution in [3.63, 3.8) is 0 Å². The van der Waals surface area contributed by atoms with Crippen molar-refractivity contribution >= 4 is 73.7 Å². The zero-order valence-corrected chi connectivity index (χ0v) is 14.7. The van der Waals surface area contributed by atoms with Gasteiger partial charge in [0.25, 0.3) is 0 Å². The highest BCUT2D eigenvalue weighted by Crippen LogP contribution is 2.27. The zero-order chi connectivity index (χ0) is 14.1. The van der Waals surface area contributed by atoms with Crippen LogP contribution in [0.1, 0.15) is 10.4 Å². The van der Waals surface area contributed by atoms with E-state index >= 15 is 0 Å². The van der Waals surface area contributed by atoms with Gasteiger partial charge in [-0.3, -0.25) is 0 Å². The van der Waals surface area contributed by atoms with Gasteiger partial charge in [-0.2, -0.15) is 17.6 Å². The van der Waals surface area contributed by atoms with Crippen LogP contribution in [0.3, 0.4) is 0 Å². The van der Waals surface area contributed by atoms with E-state index in [1.54, 1.807) is 28.7 Å². The number of halogens is 7. The second kappa shape index (κ2) is 6.37. The van der Waals surface area contributed by atoms with Gasteiger partial charge in [-0.15, -0.1) is 0 Å². The number of rotatable bonds is 2. The summed E-state index contributed by atoms with van der Waals surface area (Å²) >= 11 is 5.61. The minimum Gasteiger partial charge on any atom is -0.418 e. The molecule has 0 fully saturated rings. The van der Waals surface area contributed by atoms with Crippen LogP contribution in [0, 0.1) is 10.7 Å². The lowest BCUT2D eigenvalue weighted by Crippen LogP contribution is -2.30. The summed E-state index contributed by atoms with van der Waals surface area (Å²) in [7, 11) is 0. The van der Waals surface area contributed by atoms with Gasteiger partial charge in [0.1, 0.15) is 0 Å². The first-order chi connectivity index (χ1) is 8.12. The van der Waals surface area contributed by atoms with Crippen molar-refractivity contribution < 1.29 is 27.1 Å². The van der Waals surface area contributed by atoms with Crippen LogP contribution in [-0.4, -0.2) is 18.5 Å². The van der Waals surface area contributed by atoms with E-state index in [1.165, 1.54) is 6.07 Å². The van der Waals surface area contributed by atoms with E-state index in [4.69, 9.17) is 0 Å². The fourth-order valence-corrected chi connectivity index (χ4v) is 3.31. The molecule has 0 spiro atoms. The van der Waals surface area contributed by atoms with Crippen LogP contribution < -0.4 is 0 Å². The average molecular weight is 600 g/mol. The van der Waals surface area contributed by atoms with Crippen LogP contribution in [-0.2, 0) is 4.74 Å². The maximum Gasteiger partial charge on any atom is 0.457 e. The minimum atomic E-state index is -5.21. The number of hydrogen-bond acceptors (Lipinski definition) is 2. The van der Waals surface area contributed by atoms with Crippen molar-refractivity contribution in [2.24, 2.45) is 0 Å². The molecule has 1 aromatic carbocycles. The summed E-state index contributed by atoms with van der Waals surface area (Å²) in [6.45, 7) is 0. The molecule has 18 heavy (non-hydrogen) atoms. The summed E-state index contributed by atoms with van der Waals surface area (Å²) in [5.74, 6) is -1.33. The third kappa shape index (κ3) is 4.31. The Morgan fingerprint density at radius 3 is 2.28 bits per heavy atom. The highest BCUT2D eigenvalue weighted by molar-refractivity contribution is 14.1. The number of ether oxygens (including phenoxy) is 1. The number of esters is 1. The molecule has 9 heteroatoms. The lowest BCUT2D eigenvalue weighted by molar-refractivity contribution is -0.246. The predicted molar refractivity (Wildman–Crippen MR) is 81.0 cm³/mol. The van der Waals surface area contributed by atoms with Gasteiger partial charge in [0.05, 0.1) is 5.56 Å². The molecule has 1 aromatic rings. The molecule has 0 amide bonds. The largest absolute Gasteiger partial charge is 0.457 e. The Hall–Kier alpha value is 0.600. The molecule has 1 unspecified atom stereocenters. The molecule has 2 nitrogen and oxygen atoms in total. The number of carbonyl (C=O) groups excluding carboxylic acids is 1. The Morgan fingerprint density at radius 2 is 1.78 bits per heavy atom. The zero-order valence-electron chi connectivity index (χ0n) is 8.19. The Morgan fingerprint density at radius 1 is 1.22 bits per heavy atom. The summed E-state index contributed by atoms with van der Waals surface area (Å²) in [5.41, 5.74) is -0.0844. The van der Waals surface area contributed by atoms with Crippen molar-refractivity contribution in [1.29, 1.82) is 0 Å². The molecule has 0 aliphatic rings. The molecule has 1 rings (SSSR count). The van der Waals surface area contributed by atoms with Crippen LogP contribution in [0.25, 0.3) is 0 Å². The Balaban J connectivity index is 2.99. The topological polar surface area (TPSA) is 26.3 Å². The number of alkyl halides is 4. The molecule has 0 aromatic heterocycles. The molecular formula is C9H3F4I3O2. The van der Waals surface area contributed by atoms with Crippen molar-refractivity contribution in [1.82, 2.24) is 0 Å². The molecule has 1 atom stereocenters. The second-order valence-corrected chi connectivity index (χ2v) is 6.50. The third-order valence-corrected chi connectivity index (χ3v) is 5.35. The summed E-state index contributed by atoms with van der Waals surface area (Å²) in [4.78, 5) is 11.5. The molecule has 0 N–H and O–H groups in total. The Kier molecular flexibility index (Phi) is 5.89. The van der Waals surface area contributed by atoms with Gasteiger partial charge >= 0.3 is 18.5 Å². The van der Waals surface area contributed by atoms with E-state index in [9.17, 15) is 22.4 Å².